The lowest BCUT2D eigenvalue weighted by molar-refractivity contribution is 0.568. The van der Waals surface area contributed by atoms with Crippen molar-refractivity contribution in [2.45, 2.75) is 12.8 Å². The summed E-state index contributed by atoms with van der Waals surface area (Å²) < 4.78 is 13.6. The quantitative estimate of drug-likeness (QED) is 0.197. The zero-order valence-corrected chi connectivity index (χ0v) is 25.9. The highest BCUT2D eigenvalue weighted by atomic mass is 16.3. The van der Waals surface area contributed by atoms with Gasteiger partial charge >= 0.3 is 0 Å². The fourth-order valence-corrected chi connectivity index (χ4v) is 7.15. The van der Waals surface area contributed by atoms with Gasteiger partial charge in [0.1, 0.15) is 22.2 Å². The van der Waals surface area contributed by atoms with Crippen molar-refractivity contribution in [2.75, 3.05) is 0 Å². The zero-order valence-electron chi connectivity index (χ0n) is 25.9. The van der Waals surface area contributed by atoms with Crippen molar-refractivity contribution in [3.8, 4) is 33.9 Å². The van der Waals surface area contributed by atoms with Gasteiger partial charge in [0.2, 0.25) is 0 Å². The summed E-state index contributed by atoms with van der Waals surface area (Å²) >= 11 is 0. The summed E-state index contributed by atoms with van der Waals surface area (Å²) in [7, 11) is 0. The molecule has 0 N–H and O–H groups in total. The van der Waals surface area contributed by atoms with E-state index in [1.165, 1.54) is 0 Å². The first kappa shape index (κ1) is 26.8. The number of hydrogen-bond acceptors (Lipinski definition) is 5. The molecule has 0 fully saturated rings. The lowest BCUT2D eigenvalue weighted by Gasteiger charge is -2.11. The molecular formula is C43H27N3O2. The maximum atomic E-state index is 6.92. The number of nitrogens with zero attached hydrogens (tertiary/aromatic N) is 3. The van der Waals surface area contributed by atoms with Crippen molar-refractivity contribution >= 4 is 55.3 Å². The van der Waals surface area contributed by atoms with E-state index < -0.39 is 0 Å². The molecule has 0 atom stereocenters. The molecule has 1 aliphatic carbocycles. The van der Waals surface area contributed by atoms with E-state index in [0.717, 1.165) is 95.0 Å². The van der Waals surface area contributed by atoms with Crippen LogP contribution in [0.2, 0.25) is 0 Å². The van der Waals surface area contributed by atoms with Crippen LogP contribution in [0.1, 0.15) is 18.7 Å². The summed E-state index contributed by atoms with van der Waals surface area (Å²) in [5.41, 5.74) is 8.28. The molecule has 0 unspecified atom stereocenters. The van der Waals surface area contributed by atoms with Crippen LogP contribution in [0.4, 0.5) is 0 Å². The van der Waals surface area contributed by atoms with E-state index >= 15 is 0 Å². The third kappa shape index (κ3) is 4.14. The number of rotatable bonds is 4. The van der Waals surface area contributed by atoms with Gasteiger partial charge in [0.05, 0.1) is 0 Å². The number of aromatic nitrogens is 3. The first-order valence-corrected chi connectivity index (χ1v) is 16.3. The van der Waals surface area contributed by atoms with Crippen molar-refractivity contribution in [2.24, 2.45) is 0 Å². The summed E-state index contributed by atoms with van der Waals surface area (Å²) in [5, 5.41) is 6.62. The summed E-state index contributed by atoms with van der Waals surface area (Å²) in [6.45, 7) is 0. The number of para-hydroxylation sites is 2. The summed E-state index contributed by atoms with van der Waals surface area (Å²) in [4.78, 5) is 15.0. The molecule has 226 valence electrons. The van der Waals surface area contributed by atoms with Crippen LogP contribution in [0.25, 0.3) is 89.2 Å². The first-order chi connectivity index (χ1) is 23.8. The minimum absolute atomic E-state index is 0.643. The number of fused-ring (bicyclic) bond motifs is 8. The van der Waals surface area contributed by atoms with Gasteiger partial charge in [0.25, 0.3) is 0 Å². The molecule has 0 amide bonds. The van der Waals surface area contributed by atoms with Gasteiger partial charge < -0.3 is 8.83 Å². The summed E-state index contributed by atoms with van der Waals surface area (Å²) in [6, 6.07) is 45.6. The maximum Gasteiger partial charge on any atom is 0.164 e. The largest absolute Gasteiger partial charge is 0.455 e. The van der Waals surface area contributed by atoms with Gasteiger partial charge in [-0.25, -0.2) is 15.0 Å². The molecule has 3 aromatic heterocycles. The smallest absolute Gasteiger partial charge is 0.164 e. The maximum absolute atomic E-state index is 6.92. The highest BCUT2D eigenvalue weighted by Gasteiger charge is 2.22. The molecule has 10 rings (SSSR count). The molecule has 5 heteroatoms. The van der Waals surface area contributed by atoms with Crippen molar-refractivity contribution in [3.05, 3.63) is 150 Å². The standard InChI is InChI=1S/C43H27N3O2/c1-3-13-27(14-4-1)41-44-42(28-15-5-2-6-16-28)46-43(45-41)36-23-11-22-33-32-20-9-18-30(38(32)48-40(33)36)31-19-10-21-34-35-25-24-26-12-7-8-17-29(26)37(35)47-39(31)34/h1-10,12-22,24-25H,11,23H2. The normalized spacial score (nSPS) is 13.0. The Balaban J connectivity index is 1.22. The van der Waals surface area contributed by atoms with Crippen LogP contribution >= 0.6 is 0 Å². The Labute approximate surface area is 275 Å². The minimum Gasteiger partial charge on any atom is -0.455 e. The molecular weight excluding hydrogens is 590 g/mol. The second kappa shape index (κ2) is 10.6. The van der Waals surface area contributed by atoms with E-state index in [9.17, 15) is 0 Å². The Morgan fingerprint density at radius 1 is 0.438 bits per heavy atom. The van der Waals surface area contributed by atoms with Crippen molar-refractivity contribution < 1.29 is 8.83 Å². The van der Waals surface area contributed by atoms with E-state index in [4.69, 9.17) is 23.8 Å². The van der Waals surface area contributed by atoms with Crippen LogP contribution in [-0.4, -0.2) is 15.0 Å². The predicted octanol–water partition coefficient (Wildman–Crippen LogP) is 9.44. The molecule has 0 aliphatic heterocycles. The van der Waals surface area contributed by atoms with Gasteiger partial charge in [-0.05, 0) is 24.3 Å². The zero-order chi connectivity index (χ0) is 31.6. The van der Waals surface area contributed by atoms with Gasteiger partial charge in [-0.2, -0.15) is 0 Å². The third-order valence-electron chi connectivity index (χ3n) is 9.42. The van der Waals surface area contributed by atoms with Crippen molar-refractivity contribution in [3.63, 3.8) is 0 Å². The first-order valence-electron chi connectivity index (χ1n) is 16.3. The Kier molecular flexibility index (Phi) is 5.93. The van der Waals surface area contributed by atoms with E-state index in [0.29, 0.717) is 17.5 Å². The SMILES string of the molecule is C1=c2c(oc3c(-c4cccc5c4oc4c6ccccc6ccc54)cccc23)=C(c2nc(-c3ccccc3)nc(-c3ccccc3)n2)CC1. The number of hydrogen-bond donors (Lipinski definition) is 0. The van der Waals surface area contributed by atoms with Crippen molar-refractivity contribution in [1.29, 1.82) is 0 Å². The summed E-state index contributed by atoms with van der Waals surface area (Å²) in [5.74, 6) is 1.93. The topological polar surface area (TPSA) is 65.0 Å². The second-order valence-electron chi connectivity index (χ2n) is 12.2. The van der Waals surface area contributed by atoms with Crippen LogP contribution in [0.3, 0.4) is 0 Å². The Hall–Kier alpha value is -6.33. The van der Waals surface area contributed by atoms with Gasteiger partial charge in [-0.15, -0.1) is 0 Å². The molecule has 1 aliphatic rings. The minimum atomic E-state index is 0.643. The van der Waals surface area contributed by atoms with Gasteiger partial charge in [-0.3, -0.25) is 0 Å². The third-order valence-corrected chi connectivity index (χ3v) is 9.42. The number of furan rings is 2. The van der Waals surface area contributed by atoms with Crippen LogP contribution in [-0.2, 0) is 0 Å². The fourth-order valence-electron chi connectivity index (χ4n) is 7.15. The lowest BCUT2D eigenvalue weighted by atomic mass is 9.98. The van der Waals surface area contributed by atoms with Gasteiger partial charge in [0, 0.05) is 54.6 Å². The molecule has 5 nitrogen and oxygen atoms in total. The molecule has 0 saturated heterocycles. The Bertz CT molecular complexity index is 2780. The van der Waals surface area contributed by atoms with Gasteiger partial charge in [0.15, 0.2) is 17.5 Å². The molecule has 3 heterocycles. The van der Waals surface area contributed by atoms with Crippen LogP contribution in [0, 0.1) is 0 Å². The molecule has 0 spiro atoms. The van der Waals surface area contributed by atoms with Crippen LogP contribution in [0.5, 0.6) is 0 Å². The Morgan fingerprint density at radius 3 is 1.75 bits per heavy atom. The van der Waals surface area contributed by atoms with E-state index in [1.54, 1.807) is 0 Å². The fraction of sp³-hybridized carbons (Fsp3) is 0.0465. The number of benzene rings is 6. The molecule has 0 radical (unpaired) electrons. The van der Waals surface area contributed by atoms with Crippen LogP contribution < -0.4 is 10.6 Å². The highest BCUT2D eigenvalue weighted by Crippen LogP contribution is 2.40. The van der Waals surface area contributed by atoms with Crippen LogP contribution in [0.15, 0.2) is 142 Å². The van der Waals surface area contributed by atoms with E-state index in [-0.39, 0.29) is 0 Å². The molecule has 6 aromatic carbocycles. The average Bonchev–Trinajstić information content (AvgIpc) is 3.75. The lowest BCUT2D eigenvalue weighted by Crippen LogP contribution is -2.27. The molecule has 9 aromatic rings. The van der Waals surface area contributed by atoms with E-state index in [2.05, 4.69) is 78.9 Å². The van der Waals surface area contributed by atoms with Gasteiger partial charge in [-0.1, -0.05) is 133 Å². The second-order valence-corrected chi connectivity index (χ2v) is 12.2. The summed E-state index contributed by atoms with van der Waals surface area (Å²) in [6.07, 6.45) is 3.90. The monoisotopic (exact) mass is 617 g/mol. The Morgan fingerprint density at radius 2 is 1.02 bits per heavy atom. The molecule has 0 saturated carbocycles. The van der Waals surface area contributed by atoms with Crippen molar-refractivity contribution in [1.82, 2.24) is 15.0 Å². The molecule has 48 heavy (non-hydrogen) atoms. The molecule has 0 bridgehead atoms. The van der Waals surface area contributed by atoms with E-state index in [1.807, 2.05) is 60.7 Å². The highest BCUT2D eigenvalue weighted by molar-refractivity contribution is 6.18. The average molecular weight is 618 g/mol. The predicted molar refractivity (Wildman–Crippen MR) is 193 cm³/mol.